The van der Waals surface area contributed by atoms with Crippen molar-refractivity contribution >= 4 is 17.8 Å². The fourth-order valence-corrected chi connectivity index (χ4v) is 1.44. The standard InChI is InChI=1S/C13H18N2O/c1-3-4-9-13(14-2)15-12-8-6-5-7-11(12)10-16/h5-8,10H,3-4,9H2,1-2H3,(H,14,15). The first-order valence-corrected chi connectivity index (χ1v) is 5.58. The second-order valence-electron chi connectivity index (χ2n) is 3.60. The van der Waals surface area contributed by atoms with Crippen molar-refractivity contribution < 1.29 is 4.79 Å². The Hall–Kier alpha value is -1.64. The minimum absolute atomic E-state index is 0.667. The summed E-state index contributed by atoms with van der Waals surface area (Å²) >= 11 is 0. The van der Waals surface area contributed by atoms with Gasteiger partial charge in [0.15, 0.2) is 6.29 Å². The third-order valence-corrected chi connectivity index (χ3v) is 2.40. The molecule has 0 saturated heterocycles. The van der Waals surface area contributed by atoms with E-state index in [2.05, 4.69) is 17.2 Å². The first kappa shape index (κ1) is 12.4. The van der Waals surface area contributed by atoms with Crippen molar-refractivity contribution in [2.45, 2.75) is 26.2 Å². The molecule has 0 bridgehead atoms. The molecule has 1 rings (SSSR count). The lowest BCUT2D eigenvalue weighted by Crippen LogP contribution is -2.13. The summed E-state index contributed by atoms with van der Waals surface area (Å²) in [5.41, 5.74) is 1.49. The van der Waals surface area contributed by atoms with Crippen LogP contribution in [0.5, 0.6) is 0 Å². The van der Waals surface area contributed by atoms with E-state index in [9.17, 15) is 4.79 Å². The highest BCUT2D eigenvalue weighted by atomic mass is 16.1. The van der Waals surface area contributed by atoms with Crippen LogP contribution in [0.15, 0.2) is 29.3 Å². The van der Waals surface area contributed by atoms with Crippen molar-refractivity contribution in [3.05, 3.63) is 29.8 Å². The molecule has 0 aliphatic carbocycles. The Morgan fingerprint density at radius 1 is 1.44 bits per heavy atom. The number of rotatable bonds is 5. The number of aliphatic imine (C=N–C) groups is 1. The van der Waals surface area contributed by atoms with Crippen LogP contribution < -0.4 is 5.32 Å². The molecule has 0 fully saturated rings. The number of unbranched alkanes of at least 4 members (excludes halogenated alkanes) is 1. The van der Waals surface area contributed by atoms with Crippen molar-refractivity contribution in [1.82, 2.24) is 0 Å². The molecule has 0 amide bonds. The Morgan fingerprint density at radius 3 is 2.81 bits per heavy atom. The second kappa shape index (κ2) is 6.77. The van der Waals surface area contributed by atoms with Crippen LogP contribution in [0.1, 0.15) is 36.5 Å². The molecule has 1 N–H and O–H groups in total. The van der Waals surface area contributed by atoms with E-state index in [1.165, 1.54) is 0 Å². The zero-order chi connectivity index (χ0) is 11.8. The first-order valence-electron chi connectivity index (χ1n) is 5.58. The molecule has 3 heteroatoms. The Labute approximate surface area is 96.6 Å². The van der Waals surface area contributed by atoms with Gasteiger partial charge in [-0.05, 0) is 18.6 Å². The zero-order valence-electron chi connectivity index (χ0n) is 9.86. The van der Waals surface area contributed by atoms with E-state index in [0.717, 1.165) is 37.1 Å². The predicted molar refractivity (Wildman–Crippen MR) is 68.3 cm³/mol. The van der Waals surface area contributed by atoms with E-state index in [4.69, 9.17) is 0 Å². The molecule has 0 aliphatic rings. The van der Waals surface area contributed by atoms with E-state index in [1.807, 2.05) is 18.2 Å². The van der Waals surface area contributed by atoms with Gasteiger partial charge in [-0.15, -0.1) is 0 Å². The van der Waals surface area contributed by atoms with E-state index in [0.29, 0.717) is 5.56 Å². The molecule has 0 saturated carbocycles. The van der Waals surface area contributed by atoms with Crippen LogP contribution >= 0.6 is 0 Å². The molecular weight excluding hydrogens is 200 g/mol. The van der Waals surface area contributed by atoms with Gasteiger partial charge in [0.25, 0.3) is 0 Å². The smallest absolute Gasteiger partial charge is 0.152 e. The van der Waals surface area contributed by atoms with Crippen molar-refractivity contribution in [3.8, 4) is 0 Å². The minimum Gasteiger partial charge on any atom is -0.344 e. The molecule has 86 valence electrons. The Bertz CT molecular complexity index is 372. The number of aldehydes is 1. The number of anilines is 1. The molecule has 16 heavy (non-hydrogen) atoms. The van der Waals surface area contributed by atoms with Gasteiger partial charge >= 0.3 is 0 Å². The second-order valence-corrected chi connectivity index (χ2v) is 3.60. The van der Waals surface area contributed by atoms with E-state index < -0.39 is 0 Å². The van der Waals surface area contributed by atoms with Gasteiger partial charge < -0.3 is 5.32 Å². The highest BCUT2D eigenvalue weighted by Gasteiger charge is 2.03. The number of nitrogens with zero attached hydrogens (tertiary/aromatic N) is 1. The maximum Gasteiger partial charge on any atom is 0.152 e. The van der Waals surface area contributed by atoms with E-state index in [1.54, 1.807) is 13.1 Å². The molecule has 0 aliphatic heterocycles. The maximum atomic E-state index is 10.8. The number of benzene rings is 1. The number of hydrogen-bond donors (Lipinski definition) is 1. The number of amidine groups is 1. The summed E-state index contributed by atoms with van der Waals surface area (Å²) in [6.45, 7) is 2.15. The average Bonchev–Trinajstić information content (AvgIpc) is 2.34. The van der Waals surface area contributed by atoms with Gasteiger partial charge in [-0.3, -0.25) is 9.79 Å². The normalized spacial score (nSPS) is 11.2. The monoisotopic (exact) mass is 218 g/mol. The quantitative estimate of drug-likeness (QED) is 0.468. The summed E-state index contributed by atoms with van der Waals surface area (Å²) in [6.07, 6.45) is 4.01. The lowest BCUT2D eigenvalue weighted by atomic mass is 10.2. The fraction of sp³-hybridized carbons (Fsp3) is 0.385. The Kier molecular flexibility index (Phi) is 5.26. The number of nitrogens with one attached hydrogen (secondary N) is 1. The van der Waals surface area contributed by atoms with Gasteiger partial charge in [0.2, 0.25) is 0 Å². The van der Waals surface area contributed by atoms with Crippen LogP contribution in [0.25, 0.3) is 0 Å². The Morgan fingerprint density at radius 2 is 2.19 bits per heavy atom. The van der Waals surface area contributed by atoms with E-state index >= 15 is 0 Å². The van der Waals surface area contributed by atoms with Crippen LogP contribution in [0.3, 0.4) is 0 Å². The average molecular weight is 218 g/mol. The number of carbonyl (C=O) groups is 1. The fourth-order valence-electron chi connectivity index (χ4n) is 1.44. The Balaban J connectivity index is 2.74. The van der Waals surface area contributed by atoms with E-state index in [-0.39, 0.29) is 0 Å². The molecule has 1 aromatic rings. The molecule has 0 aromatic heterocycles. The van der Waals surface area contributed by atoms with Gasteiger partial charge in [0, 0.05) is 24.7 Å². The van der Waals surface area contributed by atoms with Crippen molar-refractivity contribution in [3.63, 3.8) is 0 Å². The maximum absolute atomic E-state index is 10.8. The zero-order valence-corrected chi connectivity index (χ0v) is 9.86. The summed E-state index contributed by atoms with van der Waals surface area (Å²) in [5, 5.41) is 3.20. The van der Waals surface area contributed by atoms with Gasteiger partial charge in [0.05, 0.1) is 0 Å². The van der Waals surface area contributed by atoms with Crippen LogP contribution in [0.2, 0.25) is 0 Å². The minimum atomic E-state index is 0.667. The summed E-state index contributed by atoms with van der Waals surface area (Å²) in [7, 11) is 1.77. The molecule has 0 radical (unpaired) electrons. The van der Waals surface area contributed by atoms with Crippen molar-refractivity contribution in [2.24, 2.45) is 4.99 Å². The summed E-state index contributed by atoms with van der Waals surface area (Å²) < 4.78 is 0. The largest absolute Gasteiger partial charge is 0.344 e. The SMILES string of the molecule is CCCCC(=NC)Nc1ccccc1C=O. The van der Waals surface area contributed by atoms with Crippen LogP contribution in [0, 0.1) is 0 Å². The predicted octanol–water partition coefficient (Wildman–Crippen LogP) is 3.13. The number of carbonyl (C=O) groups excluding carboxylic acids is 1. The first-order chi connectivity index (χ1) is 7.81. The van der Waals surface area contributed by atoms with Crippen molar-refractivity contribution in [1.29, 1.82) is 0 Å². The highest BCUT2D eigenvalue weighted by Crippen LogP contribution is 2.13. The highest BCUT2D eigenvalue weighted by molar-refractivity contribution is 5.99. The van der Waals surface area contributed by atoms with Crippen LogP contribution in [-0.4, -0.2) is 19.2 Å². The summed E-state index contributed by atoms with van der Waals surface area (Å²) in [6, 6.07) is 7.44. The third kappa shape index (κ3) is 3.50. The third-order valence-electron chi connectivity index (χ3n) is 2.40. The lowest BCUT2D eigenvalue weighted by Gasteiger charge is -2.10. The number of hydrogen-bond acceptors (Lipinski definition) is 2. The van der Waals surface area contributed by atoms with Gasteiger partial charge in [-0.1, -0.05) is 25.5 Å². The lowest BCUT2D eigenvalue weighted by molar-refractivity contribution is 0.112. The molecule has 3 nitrogen and oxygen atoms in total. The summed E-state index contributed by atoms with van der Waals surface area (Å²) in [5.74, 6) is 0.927. The molecule has 0 atom stereocenters. The van der Waals surface area contributed by atoms with Crippen LogP contribution in [-0.2, 0) is 0 Å². The molecule has 0 spiro atoms. The van der Waals surface area contributed by atoms with Crippen molar-refractivity contribution in [2.75, 3.05) is 12.4 Å². The van der Waals surface area contributed by atoms with Gasteiger partial charge in [-0.2, -0.15) is 0 Å². The molecule has 1 aromatic carbocycles. The summed E-state index contributed by atoms with van der Waals surface area (Å²) in [4.78, 5) is 15.0. The van der Waals surface area contributed by atoms with Crippen LogP contribution in [0.4, 0.5) is 5.69 Å². The number of para-hydroxylation sites is 1. The molecular formula is C13H18N2O. The molecule has 0 unspecified atom stereocenters. The van der Waals surface area contributed by atoms with Gasteiger partial charge in [-0.25, -0.2) is 0 Å². The molecule has 0 heterocycles. The topological polar surface area (TPSA) is 41.5 Å². The van der Waals surface area contributed by atoms with Gasteiger partial charge in [0.1, 0.15) is 5.84 Å².